The number of thioether (sulfide) groups is 1. The first-order valence-corrected chi connectivity index (χ1v) is 10.2. The molecular formula is C20H16FN3OS2. The Bertz CT molecular complexity index is 1010. The molecule has 0 unspecified atom stereocenters. The van der Waals surface area contributed by atoms with Crippen molar-refractivity contribution in [1.82, 2.24) is 15.3 Å². The molecule has 0 aliphatic rings. The van der Waals surface area contributed by atoms with E-state index in [-0.39, 0.29) is 23.5 Å². The number of nitrogens with zero attached hydrogens (tertiary/aromatic N) is 1. The fourth-order valence-corrected chi connectivity index (χ4v) is 4.26. The van der Waals surface area contributed by atoms with Gasteiger partial charge in [-0.25, -0.2) is 9.37 Å². The Labute approximate surface area is 163 Å². The molecule has 2 N–H and O–H groups in total. The van der Waals surface area contributed by atoms with Gasteiger partial charge in [0, 0.05) is 4.88 Å². The predicted molar refractivity (Wildman–Crippen MR) is 108 cm³/mol. The number of rotatable bonds is 6. The molecule has 136 valence electrons. The number of hydrogen-bond donors (Lipinski definition) is 2. The summed E-state index contributed by atoms with van der Waals surface area (Å²) in [5.74, 6) is -0.165. The topological polar surface area (TPSA) is 57.8 Å². The molecule has 4 nitrogen and oxygen atoms in total. The number of thiophene rings is 1. The van der Waals surface area contributed by atoms with E-state index in [0.29, 0.717) is 5.16 Å². The van der Waals surface area contributed by atoms with E-state index in [1.54, 1.807) is 23.5 Å². The maximum atomic E-state index is 13.3. The number of H-pyrrole nitrogens is 1. The van der Waals surface area contributed by atoms with Crippen LogP contribution in [0.5, 0.6) is 0 Å². The van der Waals surface area contributed by atoms with Gasteiger partial charge >= 0.3 is 0 Å². The van der Waals surface area contributed by atoms with E-state index >= 15 is 0 Å². The van der Waals surface area contributed by atoms with Gasteiger partial charge in [0.25, 0.3) is 0 Å². The summed E-state index contributed by atoms with van der Waals surface area (Å²) < 4.78 is 13.3. The van der Waals surface area contributed by atoms with E-state index in [1.165, 1.54) is 23.9 Å². The number of halogens is 1. The van der Waals surface area contributed by atoms with Crippen LogP contribution in [0, 0.1) is 5.82 Å². The molecule has 0 aliphatic heterocycles. The Morgan fingerprint density at radius 2 is 1.96 bits per heavy atom. The second-order valence-corrected chi connectivity index (χ2v) is 7.86. The number of imidazole rings is 1. The van der Waals surface area contributed by atoms with Crippen LogP contribution in [0.25, 0.3) is 11.0 Å². The second kappa shape index (κ2) is 7.94. The number of hydrogen-bond acceptors (Lipinski definition) is 4. The van der Waals surface area contributed by atoms with Crippen molar-refractivity contribution in [3.05, 3.63) is 82.3 Å². The first kappa shape index (κ1) is 17.8. The summed E-state index contributed by atoms with van der Waals surface area (Å²) in [5.41, 5.74) is 2.67. The van der Waals surface area contributed by atoms with Gasteiger partial charge in [-0.3, -0.25) is 4.79 Å². The molecular weight excluding hydrogens is 381 g/mol. The minimum Gasteiger partial charge on any atom is -0.344 e. The number of carbonyl (C=O) groups excluding carboxylic acids is 1. The number of benzene rings is 2. The van der Waals surface area contributed by atoms with Crippen LogP contribution < -0.4 is 5.32 Å². The molecule has 7 heteroatoms. The Hall–Kier alpha value is -2.64. The Kier molecular flexibility index (Phi) is 5.22. The van der Waals surface area contributed by atoms with Gasteiger partial charge < -0.3 is 10.3 Å². The van der Waals surface area contributed by atoms with Gasteiger partial charge in [0.05, 0.1) is 22.8 Å². The first-order chi connectivity index (χ1) is 13.2. The van der Waals surface area contributed by atoms with Gasteiger partial charge in [-0.2, -0.15) is 0 Å². The van der Waals surface area contributed by atoms with Crippen LogP contribution in [0.3, 0.4) is 0 Å². The standard InChI is InChI=1S/C20H16FN3OS2/c21-14-9-7-13(8-10-14)19(17-6-3-11-26-17)24-18(25)12-27-20-22-15-4-1-2-5-16(15)23-20/h1-11,19H,12H2,(H,22,23)(H,24,25)/t19-/m0/s1. The van der Waals surface area contributed by atoms with Crippen molar-refractivity contribution >= 4 is 40.0 Å². The molecule has 2 heterocycles. The van der Waals surface area contributed by atoms with Gasteiger partial charge in [-0.15, -0.1) is 11.3 Å². The van der Waals surface area contributed by atoms with Crippen LogP contribution in [0.15, 0.2) is 71.2 Å². The fourth-order valence-electron chi connectivity index (χ4n) is 2.76. The summed E-state index contributed by atoms with van der Waals surface area (Å²) in [6.45, 7) is 0. The number of para-hydroxylation sites is 2. The lowest BCUT2D eigenvalue weighted by molar-refractivity contribution is -0.119. The third-order valence-corrected chi connectivity index (χ3v) is 5.85. The molecule has 0 saturated carbocycles. The van der Waals surface area contributed by atoms with E-state index in [9.17, 15) is 9.18 Å². The monoisotopic (exact) mass is 397 g/mol. The average molecular weight is 398 g/mol. The molecule has 2 aromatic carbocycles. The highest BCUT2D eigenvalue weighted by atomic mass is 32.2. The lowest BCUT2D eigenvalue weighted by atomic mass is 10.1. The molecule has 27 heavy (non-hydrogen) atoms. The van der Waals surface area contributed by atoms with Crippen LogP contribution >= 0.6 is 23.1 Å². The summed E-state index contributed by atoms with van der Waals surface area (Å²) in [5, 5.41) is 5.71. The molecule has 0 fully saturated rings. The zero-order chi connectivity index (χ0) is 18.6. The molecule has 4 rings (SSSR count). The Morgan fingerprint density at radius 3 is 2.70 bits per heavy atom. The van der Waals surface area contributed by atoms with Crippen LogP contribution in [0.2, 0.25) is 0 Å². The van der Waals surface area contributed by atoms with E-state index in [1.807, 2.05) is 41.8 Å². The van der Waals surface area contributed by atoms with Gasteiger partial charge in [-0.1, -0.05) is 42.1 Å². The second-order valence-electron chi connectivity index (χ2n) is 5.92. The SMILES string of the molecule is O=C(CSc1nc2ccccc2[nH]1)N[C@@H](c1ccc(F)cc1)c1cccs1. The molecule has 0 radical (unpaired) electrons. The van der Waals surface area contributed by atoms with Crippen LogP contribution in [0.1, 0.15) is 16.5 Å². The lowest BCUT2D eigenvalue weighted by Crippen LogP contribution is -2.30. The molecule has 0 spiro atoms. The number of nitrogens with one attached hydrogen (secondary N) is 2. The number of amides is 1. The Balaban J connectivity index is 1.46. The maximum absolute atomic E-state index is 13.3. The summed E-state index contributed by atoms with van der Waals surface area (Å²) in [7, 11) is 0. The van der Waals surface area contributed by atoms with Crippen molar-refractivity contribution in [2.24, 2.45) is 0 Å². The van der Waals surface area contributed by atoms with Gasteiger partial charge in [0.1, 0.15) is 5.82 Å². The summed E-state index contributed by atoms with van der Waals surface area (Å²) in [6.07, 6.45) is 0. The molecule has 0 aliphatic carbocycles. The largest absolute Gasteiger partial charge is 0.344 e. The van der Waals surface area contributed by atoms with Gasteiger partial charge in [0.2, 0.25) is 5.91 Å². The van der Waals surface area contributed by atoms with Gasteiger partial charge in [-0.05, 0) is 41.3 Å². The third-order valence-electron chi connectivity index (χ3n) is 4.04. The number of fused-ring (bicyclic) bond motifs is 1. The summed E-state index contributed by atoms with van der Waals surface area (Å²) >= 11 is 2.91. The van der Waals surface area contributed by atoms with Crippen molar-refractivity contribution in [3.63, 3.8) is 0 Å². The van der Waals surface area contributed by atoms with Gasteiger partial charge in [0.15, 0.2) is 5.16 Å². The van der Waals surface area contributed by atoms with E-state index < -0.39 is 0 Å². The maximum Gasteiger partial charge on any atom is 0.231 e. The highest BCUT2D eigenvalue weighted by molar-refractivity contribution is 7.99. The van der Waals surface area contributed by atoms with Crippen LogP contribution in [0.4, 0.5) is 4.39 Å². The summed E-state index contributed by atoms with van der Waals surface area (Å²) in [6, 6.07) is 17.6. The average Bonchev–Trinajstić information content (AvgIpc) is 3.34. The minimum atomic E-state index is -0.297. The molecule has 1 atom stereocenters. The van der Waals surface area contributed by atoms with Crippen molar-refractivity contribution in [1.29, 1.82) is 0 Å². The highest BCUT2D eigenvalue weighted by Gasteiger charge is 2.18. The van der Waals surface area contributed by atoms with E-state index in [0.717, 1.165) is 21.5 Å². The molecule has 2 aromatic heterocycles. The third kappa shape index (κ3) is 4.20. The molecule has 1 amide bonds. The van der Waals surface area contributed by atoms with E-state index in [2.05, 4.69) is 15.3 Å². The quantitative estimate of drug-likeness (QED) is 0.461. The summed E-state index contributed by atoms with van der Waals surface area (Å²) in [4.78, 5) is 21.2. The molecule has 0 bridgehead atoms. The zero-order valence-corrected chi connectivity index (χ0v) is 15.8. The van der Waals surface area contributed by atoms with Crippen LogP contribution in [-0.2, 0) is 4.79 Å². The predicted octanol–water partition coefficient (Wildman–Crippen LogP) is 4.76. The lowest BCUT2D eigenvalue weighted by Gasteiger charge is -2.18. The van der Waals surface area contributed by atoms with Crippen molar-refractivity contribution in [2.45, 2.75) is 11.2 Å². The van der Waals surface area contributed by atoms with Crippen molar-refractivity contribution in [2.75, 3.05) is 5.75 Å². The zero-order valence-electron chi connectivity index (χ0n) is 14.2. The van der Waals surface area contributed by atoms with Crippen molar-refractivity contribution in [3.8, 4) is 0 Å². The smallest absolute Gasteiger partial charge is 0.231 e. The fraction of sp³-hybridized carbons (Fsp3) is 0.100. The van der Waals surface area contributed by atoms with E-state index in [4.69, 9.17) is 0 Å². The number of aromatic amines is 1. The first-order valence-electron chi connectivity index (χ1n) is 8.35. The highest BCUT2D eigenvalue weighted by Crippen LogP contribution is 2.27. The molecule has 4 aromatic rings. The van der Waals surface area contributed by atoms with Crippen LogP contribution in [-0.4, -0.2) is 21.6 Å². The number of aromatic nitrogens is 2. The Morgan fingerprint density at radius 1 is 1.15 bits per heavy atom. The molecule has 0 saturated heterocycles. The normalized spacial score (nSPS) is 12.2. The van der Waals surface area contributed by atoms with Crippen molar-refractivity contribution < 1.29 is 9.18 Å². The number of carbonyl (C=O) groups is 1. The minimum absolute atomic E-state index is 0.108.